The molecule has 106 valence electrons. The van der Waals surface area contributed by atoms with Gasteiger partial charge in [0.25, 0.3) is 0 Å². The lowest BCUT2D eigenvalue weighted by Crippen LogP contribution is -2.41. The maximum Gasteiger partial charge on any atom is 0.167 e. The lowest BCUT2D eigenvalue weighted by atomic mass is 9.94. The van der Waals surface area contributed by atoms with Gasteiger partial charge in [0.2, 0.25) is 0 Å². The maximum atomic E-state index is 13.7. The van der Waals surface area contributed by atoms with Crippen molar-refractivity contribution in [2.24, 2.45) is 5.92 Å². The minimum absolute atomic E-state index is 0.289. The molecular weight excluding hydrogens is 243 g/mol. The third kappa shape index (κ3) is 2.94. The van der Waals surface area contributed by atoms with Crippen LogP contribution in [0.2, 0.25) is 0 Å². The lowest BCUT2D eigenvalue weighted by molar-refractivity contribution is 0.321. The molecule has 0 spiro atoms. The van der Waals surface area contributed by atoms with Gasteiger partial charge in [0, 0.05) is 24.7 Å². The van der Waals surface area contributed by atoms with Gasteiger partial charge in [-0.25, -0.2) is 4.39 Å². The highest BCUT2D eigenvalue weighted by atomic mass is 19.1. The summed E-state index contributed by atoms with van der Waals surface area (Å²) in [6, 6.07) is 3.54. The molecule has 0 aliphatic carbocycles. The van der Waals surface area contributed by atoms with Crippen molar-refractivity contribution in [1.29, 1.82) is 0 Å². The van der Waals surface area contributed by atoms with Gasteiger partial charge in [0.1, 0.15) is 0 Å². The highest BCUT2D eigenvalue weighted by Gasteiger charge is 2.25. The van der Waals surface area contributed by atoms with Gasteiger partial charge in [-0.15, -0.1) is 0 Å². The van der Waals surface area contributed by atoms with E-state index in [0.717, 1.165) is 18.7 Å². The number of nitrogen functional groups attached to an aromatic ring is 1. The summed E-state index contributed by atoms with van der Waals surface area (Å²) in [4.78, 5) is 2.27. The first-order valence-electron chi connectivity index (χ1n) is 7.01. The summed E-state index contributed by atoms with van der Waals surface area (Å²) >= 11 is 0. The largest absolute Gasteiger partial charge is 0.491 e. The number of ether oxygens (including phenoxy) is 1. The van der Waals surface area contributed by atoms with Crippen molar-refractivity contribution in [1.82, 2.24) is 0 Å². The van der Waals surface area contributed by atoms with Gasteiger partial charge in [0.05, 0.1) is 18.0 Å². The van der Waals surface area contributed by atoms with E-state index in [1.165, 1.54) is 12.5 Å². The van der Waals surface area contributed by atoms with Crippen LogP contribution in [-0.4, -0.2) is 19.2 Å². The average molecular weight is 266 g/mol. The van der Waals surface area contributed by atoms with Crippen molar-refractivity contribution in [3.05, 3.63) is 17.9 Å². The van der Waals surface area contributed by atoms with E-state index in [2.05, 4.69) is 18.7 Å². The van der Waals surface area contributed by atoms with Crippen LogP contribution in [0.15, 0.2) is 12.1 Å². The van der Waals surface area contributed by atoms with Gasteiger partial charge in [-0.3, -0.25) is 0 Å². The molecule has 2 unspecified atom stereocenters. The molecule has 2 rings (SSSR count). The van der Waals surface area contributed by atoms with Crippen LogP contribution in [0.1, 0.15) is 33.6 Å². The number of hydrogen-bond acceptors (Lipinski definition) is 3. The van der Waals surface area contributed by atoms with Crippen molar-refractivity contribution in [2.45, 2.75) is 39.7 Å². The van der Waals surface area contributed by atoms with Crippen LogP contribution in [0.25, 0.3) is 0 Å². The Labute approximate surface area is 114 Å². The van der Waals surface area contributed by atoms with Crippen molar-refractivity contribution >= 4 is 11.4 Å². The Morgan fingerprint density at radius 2 is 2.11 bits per heavy atom. The molecule has 4 heteroatoms. The van der Waals surface area contributed by atoms with Crippen molar-refractivity contribution < 1.29 is 9.13 Å². The van der Waals surface area contributed by atoms with Crippen molar-refractivity contribution in [2.75, 3.05) is 23.8 Å². The topological polar surface area (TPSA) is 38.5 Å². The van der Waals surface area contributed by atoms with Crippen LogP contribution in [0.3, 0.4) is 0 Å². The molecule has 0 saturated carbocycles. The van der Waals surface area contributed by atoms with Crippen molar-refractivity contribution in [3.63, 3.8) is 0 Å². The van der Waals surface area contributed by atoms with E-state index in [1.54, 1.807) is 6.07 Å². The number of rotatable bonds is 3. The minimum Gasteiger partial charge on any atom is -0.491 e. The third-order valence-corrected chi connectivity index (χ3v) is 3.81. The van der Waals surface area contributed by atoms with Crippen LogP contribution in [0.4, 0.5) is 15.8 Å². The van der Waals surface area contributed by atoms with Crippen LogP contribution in [-0.2, 0) is 0 Å². The normalized spacial score (nSPS) is 23.5. The van der Waals surface area contributed by atoms with Crippen molar-refractivity contribution in [3.8, 4) is 5.75 Å². The van der Waals surface area contributed by atoms with Gasteiger partial charge in [-0.2, -0.15) is 0 Å². The fourth-order valence-electron chi connectivity index (χ4n) is 2.70. The molecule has 3 nitrogen and oxygen atoms in total. The molecule has 1 aromatic carbocycles. The molecule has 0 amide bonds. The van der Waals surface area contributed by atoms with E-state index in [1.807, 2.05) is 6.92 Å². The summed E-state index contributed by atoms with van der Waals surface area (Å²) in [5, 5.41) is 0. The Bertz CT molecular complexity index is 450. The highest BCUT2D eigenvalue weighted by molar-refractivity contribution is 5.70. The fourth-order valence-corrected chi connectivity index (χ4v) is 2.70. The summed E-state index contributed by atoms with van der Waals surface area (Å²) in [6.07, 6.45) is 2.37. The zero-order chi connectivity index (χ0) is 14.0. The molecular formula is C15H23FN2O. The van der Waals surface area contributed by atoms with E-state index in [4.69, 9.17) is 10.5 Å². The molecule has 1 aliphatic heterocycles. The van der Waals surface area contributed by atoms with Gasteiger partial charge in [-0.05, 0) is 32.6 Å². The molecule has 1 fully saturated rings. The van der Waals surface area contributed by atoms with Crippen LogP contribution in [0.5, 0.6) is 5.75 Å². The Morgan fingerprint density at radius 3 is 2.79 bits per heavy atom. The summed E-state index contributed by atoms with van der Waals surface area (Å²) in [6.45, 7) is 7.69. The summed E-state index contributed by atoms with van der Waals surface area (Å²) in [7, 11) is 0. The van der Waals surface area contributed by atoms with E-state index in [0.29, 0.717) is 24.3 Å². The predicted octanol–water partition coefficient (Wildman–Crippen LogP) is 3.43. The zero-order valence-corrected chi connectivity index (χ0v) is 11.9. The molecule has 19 heavy (non-hydrogen) atoms. The Balaban J connectivity index is 2.34. The van der Waals surface area contributed by atoms with E-state index in [9.17, 15) is 4.39 Å². The monoisotopic (exact) mass is 266 g/mol. The second-order valence-electron chi connectivity index (χ2n) is 5.46. The van der Waals surface area contributed by atoms with Gasteiger partial charge >= 0.3 is 0 Å². The van der Waals surface area contributed by atoms with Gasteiger partial charge in [0.15, 0.2) is 11.6 Å². The maximum absolute atomic E-state index is 13.7. The van der Waals surface area contributed by atoms with Crippen LogP contribution < -0.4 is 15.4 Å². The van der Waals surface area contributed by atoms with E-state index in [-0.39, 0.29) is 11.6 Å². The minimum atomic E-state index is -0.388. The first-order valence-corrected chi connectivity index (χ1v) is 7.01. The predicted molar refractivity (Wildman–Crippen MR) is 77.2 cm³/mol. The first-order chi connectivity index (χ1) is 9.02. The number of anilines is 2. The average Bonchev–Trinajstić information content (AvgIpc) is 2.36. The number of hydrogen-bond donors (Lipinski definition) is 1. The third-order valence-electron chi connectivity index (χ3n) is 3.81. The molecule has 1 aromatic rings. The number of piperidine rings is 1. The van der Waals surface area contributed by atoms with Gasteiger partial charge in [-0.1, -0.05) is 6.92 Å². The molecule has 0 bridgehead atoms. The SMILES string of the molecule is CCOc1cc(N2CC(C)CCC2C)c(N)cc1F. The lowest BCUT2D eigenvalue weighted by Gasteiger charge is -2.39. The first kappa shape index (κ1) is 14.0. The molecule has 0 aromatic heterocycles. The number of halogens is 1. The smallest absolute Gasteiger partial charge is 0.167 e. The second-order valence-corrected chi connectivity index (χ2v) is 5.46. The Hall–Kier alpha value is -1.45. The molecule has 1 heterocycles. The zero-order valence-electron chi connectivity index (χ0n) is 11.9. The van der Waals surface area contributed by atoms with Crippen LogP contribution >= 0.6 is 0 Å². The molecule has 2 atom stereocenters. The van der Waals surface area contributed by atoms with Gasteiger partial charge < -0.3 is 15.4 Å². The summed E-state index contributed by atoms with van der Waals surface area (Å²) in [5.41, 5.74) is 7.37. The number of nitrogens with two attached hydrogens (primary N) is 1. The second kappa shape index (κ2) is 5.68. The molecule has 0 radical (unpaired) electrons. The standard InChI is InChI=1S/C15H23FN2O/c1-4-19-15-8-14(13(17)7-12(15)16)18-9-10(2)5-6-11(18)3/h7-8,10-11H,4-6,9,17H2,1-3H3. The van der Waals surface area contributed by atoms with E-state index < -0.39 is 0 Å². The fraction of sp³-hybridized carbons (Fsp3) is 0.600. The van der Waals surface area contributed by atoms with Crippen LogP contribution in [0, 0.1) is 11.7 Å². The van der Waals surface area contributed by atoms with E-state index >= 15 is 0 Å². The number of benzene rings is 1. The molecule has 2 N–H and O–H groups in total. The summed E-state index contributed by atoms with van der Waals surface area (Å²) < 4.78 is 19.1. The highest BCUT2D eigenvalue weighted by Crippen LogP contribution is 2.35. The quantitative estimate of drug-likeness (QED) is 0.852. The Morgan fingerprint density at radius 1 is 1.37 bits per heavy atom. The summed E-state index contributed by atoms with van der Waals surface area (Å²) in [5.74, 6) is 0.536. The Kier molecular flexibility index (Phi) is 4.17. The molecule has 1 saturated heterocycles. The number of nitrogens with zero attached hydrogens (tertiary/aromatic N) is 1. The molecule has 1 aliphatic rings.